The molecule has 1 saturated carbocycles. The van der Waals surface area contributed by atoms with Gasteiger partial charge in [0.1, 0.15) is 5.15 Å². The highest BCUT2D eigenvalue weighted by molar-refractivity contribution is 6.29. The maximum Gasteiger partial charge on any atom is 0.404 e. The van der Waals surface area contributed by atoms with Gasteiger partial charge in [0.05, 0.1) is 17.9 Å². The molecule has 2 heterocycles. The van der Waals surface area contributed by atoms with E-state index in [1.165, 1.54) is 0 Å². The highest BCUT2D eigenvalue weighted by Crippen LogP contribution is 2.40. The van der Waals surface area contributed by atoms with Crippen molar-refractivity contribution in [3.8, 4) is 11.3 Å². The lowest BCUT2D eigenvalue weighted by Crippen LogP contribution is -2.28. The normalized spacial score (nSPS) is 20.0. The van der Waals surface area contributed by atoms with Crippen LogP contribution < -0.4 is 5.32 Å². The minimum absolute atomic E-state index is 0.431. The van der Waals surface area contributed by atoms with E-state index in [1.807, 2.05) is 29.2 Å². The molecule has 0 aromatic carbocycles. The maximum atomic E-state index is 10.4. The summed E-state index contributed by atoms with van der Waals surface area (Å²) in [7, 11) is 0. The zero-order chi connectivity index (χ0) is 16.2. The van der Waals surface area contributed by atoms with Gasteiger partial charge in [-0.3, -0.25) is 4.68 Å². The second-order valence-corrected chi connectivity index (χ2v) is 6.31. The molecule has 0 spiro atoms. The predicted molar refractivity (Wildman–Crippen MR) is 87.5 cm³/mol. The summed E-state index contributed by atoms with van der Waals surface area (Å²) in [6.07, 6.45) is 7.03. The van der Waals surface area contributed by atoms with E-state index in [1.54, 1.807) is 6.07 Å². The molecule has 0 unspecified atom stereocenters. The van der Waals surface area contributed by atoms with Crippen molar-refractivity contribution in [2.75, 3.05) is 6.54 Å². The summed E-state index contributed by atoms with van der Waals surface area (Å²) in [5.74, 6) is 0.660. The van der Waals surface area contributed by atoms with Crippen molar-refractivity contribution < 1.29 is 9.90 Å². The van der Waals surface area contributed by atoms with Crippen LogP contribution in [0.5, 0.6) is 0 Å². The largest absolute Gasteiger partial charge is 0.465 e. The number of nitrogens with zero attached hydrogens (tertiary/aromatic N) is 3. The molecular formula is C16H19ClN4O2. The number of carbonyl (C=O) groups is 1. The van der Waals surface area contributed by atoms with Crippen LogP contribution in [0.15, 0.2) is 30.6 Å². The highest BCUT2D eigenvalue weighted by Gasteiger charge is 2.30. The minimum Gasteiger partial charge on any atom is -0.465 e. The lowest BCUT2D eigenvalue weighted by Gasteiger charge is -2.35. The Kier molecular flexibility index (Phi) is 4.81. The number of pyridine rings is 1. The van der Waals surface area contributed by atoms with Crippen LogP contribution in [0, 0.1) is 5.92 Å². The molecule has 0 aliphatic heterocycles. The predicted octanol–water partition coefficient (Wildman–Crippen LogP) is 3.60. The van der Waals surface area contributed by atoms with Crippen molar-refractivity contribution in [1.82, 2.24) is 20.1 Å². The number of hydrogen-bond acceptors (Lipinski definition) is 3. The average Bonchev–Trinajstić information content (AvgIpc) is 2.94. The number of halogens is 1. The molecular weight excluding hydrogens is 316 g/mol. The summed E-state index contributed by atoms with van der Waals surface area (Å²) in [6, 6.07) is 5.99. The molecule has 7 heteroatoms. The van der Waals surface area contributed by atoms with E-state index >= 15 is 0 Å². The van der Waals surface area contributed by atoms with E-state index in [-0.39, 0.29) is 0 Å². The van der Waals surface area contributed by atoms with Gasteiger partial charge >= 0.3 is 6.09 Å². The molecule has 2 aromatic heterocycles. The summed E-state index contributed by atoms with van der Waals surface area (Å²) in [6.45, 7) is 0.531. The fourth-order valence-electron chi connectivity index (χ4n) is 2.98. The van der Waals surface area contributed by atoms with Crippen LogP contribution in [-0.4, -0.2) is 32.5 Å². The van der Waals surface area contributed by atoms with Crippen molar-refractivity contribution in [2.24, 2.45) is 5.92 Å². The SMILES string of the molecule is O=C(O)NCCCC1CC(n2cc(-c3cccc(Cl)n3)cn2)C1. The quantitative estimate of drug-likeness (QED) is 0.625. The Morgan fingerprint density at radius 3 is 3.00 bits per heavy atom. The second-order valence-electron chi connectivity index (χ2n) is 5.92. The standard InChI is InChI=1S/C16H19ClN4O2/c17-15-5-1-4-14(20-15)12-9-19-21(10-12)13-7-11(8-13)3-2-6-18-16(22)23/h1,4-5,9-11,13,18H,2-3,6-8H2,(H,22,23). The van der Waals surface area contributed by atoms with Gasteiger partial charge < -0.3 is 10.4 Å². The number of nitrogens with one attached hydrogen (secondary N) is 1. The van der Waals surface area contributed by atoms with Gasteiger partial charge in [-0.05, 0) is 43.7 Å². The molecule has 2 aromatic rings. The Bertz CT molecular complexity index is 682. The summed E-state index contributed by atoms with van der Waals surface area (Å²) < 4.78 is 2.00. The van der Waals surface area contributed by atoms with Crippen molar-refractivity contribution in [2.45, 2.75) is 31.7 Å². The number of aromatic nitrogens is 3. The van der Waals surface area contributed by atoms with Crippen LogP contribution in [0.3, 0.4) is 0 Å². The highest BCUT2D eigenvalue weighted by atomic mass is 35.5. The third kappa shape index (κ3) is 4.01. The third-order valence-electron chi connectivity index (χ3n) is 4.26. The fraction of sp³-hybridized carbons (Fsp3) is 0.438. The van der Waals surface area contributed by atoms with E-state index in [0.29, 0.717) is 23.7 Å². The van der Waals surface area contributed by atoms with Gasteiger partial charge in [0.2, 0.25) is 0 Å². The summed E-state index contributed by atoms with van der Waals surface area (Å²) in [4.78, 5) is 14.7. The zero-order valence-electron chi connectivity index (χ0n) is 12.7. The Labute approximate surface area is 139 Å². The van der Waals surface area contributed by atoms with E-state index in [0.717, 1.165) is 36.9 Å². The summed E-state index contributed by atoms with van der Waals surface area (Å²) in [5.41, 5.74) is 1.81. The van der Waals surface area contributed by atoms with Crippen molar-refractivity contribution in [1.29, 1.82) is 0 Å². The molecule has 0 radical (unpaired) electrons. The van der Waals surface area contributed by atoms with Gasteiger partial charge in [-0.25, -0.2) is 9.78 Å². The molecule has 1 aliphatic rings. The first-order valence-electron chi connectivity index (χ1n) is 7.75. The topological polar surface area (TPSA) is 80.0 Å². The molecule has 0 atom stereocenters. The Hall–Kier alpha value is -2.08. The van der Waals surface area contributed by atoms with Gasteiger partial charge in [-0.1, -0.05) is 17.7 Å². The summed E-state index contributed by atoms with van der Waals surface area (Å²) in [5, 5.41) is 15.8. The first kappa shape index (κ1) is 15.8. The van der Waals surface area contributed by atoms with Gasteiger partial charge in [0.25, 0.3) is 0 Å². The number of rotatable bonds is 6. The molecule has 1 amide bonds. The van der Waals surface area contributed by atoms with Crippen LogP contribution >= 0.6 is 11.6 Å². The zero-order valence-corrected chi connectivity index (χ0v) is 13.4. The maximum absolute atomic E-state index is 10.4. The van der Waals surface area contributed by atoms with E-state index in [2.05, 4.69) is 15.4 Å². The van der Waals surface area contributed by atoms with Gasteiger partial charge in [-0.15, -0.1) is 0 Å². The monoisotopic (exact) mass is 334 g/mol. The van der Waals surface area contributed by atoms with E-state index in [4.69, 9.17) is 16.7 Å². The minimum atomic E-state index is -0.949. The van der Waals surface area contributed by atoms with Crippen LogP contribution in [0.2, 0.25) is 5.15 Å². The summed E-state index contributed by atoms with van der Waals surface area (Å²) >= 11 is 5.92. The van der Waals surface area contributed by atoms with Gasteiger partial charge in [0.15, 0.2) is 0 Å². The first-order valence-corrected chi connectivity index (χ1v) is 8.13. The molecule has 0 saturated heterocycles. The smallest absolute Gasteiger partial charge is 0.404 e. The van der Waals surface area contributed by atoms with Crippen LogP contribution in [-0.2, 0) is 0 Å². The molecule has 0 bridgehead atoms. The Morgan fingerprint density at radius 1 is 1.43 bits per heavy atom. The van der Waals surface area contributed by atoms with Gasteiger partial charge in [-0.2, -0.15) is 5.10 Å². The van der Waals surface area contributed by atoms with Crippen LogP contribution in [0.1, 0.15) is 31.7 Å². The van der Waals surface area contributed by atoms with Crippen molar-refractivity contribution in [3.63, 3.8) is 0 Å². The molecule has 122 valence electrons. The average molecular weight is 335 g/mol. The lowest BCUT2D eigenvalue weighted by molar-refractivity contribution is 0.168. The van der Waals surface area contributed by atoms with Crippen molar-refractivity contribution in [3.05, 3.63) is 35.7 Å². The number of amides is 1. The molecule has 2 N–H and O–H groups in total. The molecule has 6 nitrogen and oxygen atoms in total. The van der Waals surface area contributed by atoms with Crippen LogP contribution in [0.25, 0.3) is 11.3 Å². The lowest BCUT2D eigenvalue weighted by atomic mass is 9.77. The Morgan fingerprint density at radius 2 is 2.26 bits per heavy atom. The number of carboxylic acid groups (broad SMARTS) is 1. The third-order valence-corrected chi connectivity index (χ3v) is 4.47. The van der Waals surface area contributed by atoms with E-state index in [9.17, 15) is 4.79 Å². The van der Waals surface area contributed by atoms with Crippen molar-refractivity contribution >= 4 is 17.7 Å². The number of hydrogen-bond donors (Lipinski definition) is 2. The van der Waals surface area contributed by atoms with Gasteiger partial charge in [0, 0.05) is 18.3 Å². The fourth-order valence-corrected chi connectivity index (χ4v) is 3.14. The first-order chi connectivity index (χ1) is 11.1. The molecule has 23 heavy (non-hydrogen) atoms. The molecule has 1 aliphatic carbocycles. The second kappa shape index (κ2) is 7.00. The molecule has 1 fully saturated rings. The van der Waals surface area contributed by atoms with Crippen LogP contribution in [0.4, 0.5) is 4.79 Å². The Balaban J connectivity index is 1.48. The van der Waals surface area contributed by atoms with E-state index < -0.39 is 6.09 Å². The molecule has 3 rings (SSSR count).